The van der Waals surface area contributed by atoms with Gasteiger partial charge in [0.2, 0.25) is 0 Å². The van der Waals surface area contributed by atoms with Crippen LogP contribution in [-0.2, 0) is 37.6 Å². The van der Waals surface area contributed by atoms with Crippen LogP contribution in [0.5, 0.6) is 0 Å². The first-order valence-corrected chi connectivity index (χ1v) is 9.18. The smallest absolute Gasteiger partial charge is 0.0843 e. The Bertz CT molecular complexity index is 540. The van der Waals surface area contributed by atoms with Crippen molar-refractivity contribution in [1.29, 1.82) is 0 Å². The van der Waals surface area contributed by atoms with Crippen molar-refractivity contribution in [3.63, 3.8) is 0 Å². The summed E-state index contributed by atoms with van der Waals surface area (Å²) in [5.41, 5.74) is 5.23. The molecule has 0 amide bonds. The van der Waals surface area contributed by atoms with Gasteiger partial charge in [-0.1, -0.05) is 74.4 Å². The molecule has 0 aliphatic carbocycles. The lowest BCUT2D eigenvalue weighted by Crippen LogP contribution is -2.21. The van der Waals surface area contributed by atoms with Crippen LogP contribution < -0.4 is 0 Å². The van der Waals surface area contributed by atoms with E-state index in [-0.39, 0.29) is 16.2 Å². The van der Waals surface area contributed by atoms with Crippen molar-refractivity contribution >= 4 is 27.0 Å². The third kappa shape index (κ3) is 4.46. The molecule has 0 atom stereocenters. The molecule has 1 aromatic rings. The molecule has 0 aliphatic heterocycles. The maximum atomic E-state index is 5.06. The number of nitrogens with zero attached hydrogens (tertiary/aromatic N) is 1. The van der Waals surface area contributed by atoms with Crippen LogP contribution in [0.1, 0.15) is 79.0 Å². The van der Waals surface area contributed by atoms with Crippen LogP contribution in [-0.4, -0.2) is 0 Å². The Labute approximate surface area is 138 Å². The van der Waals surface area contributed by atoms with Crippen LogP contribution in [0.15, 0.2) is 16.5 Å². The van der Waals surface area contributed by atoms with E-state index in [4.69, 9.17) is 11.2 Å². The molecule has 1 aromatic carbocycles. The maximum absolute atomic E-state index is 5.06. The molecule has 1 rings (SSSR count). The van der Waals surface area contributed by atoms with Crippen molar-refractivity contribution in [2.45, 2.75) is 78.6 Å². The summed E-state index contributed by atoms with van der Waals surface area (Å²) in [6, 6.07) is 4.64. The summed E-state index contributed by atoms with van der Waals surface area (Å²) in [7, 11) is 1.14. The van der Waals surface area contributed by atoms with E-state index in [1.807, 2.05) is 0 Å². The molecule has 118 valence electrons. The minimum atomic E-state index is 0.0468. The molecule has 0 spiro atoms. The van der Waals surface area contributed by atoms with Crippen LogP contribution in [0, 0.1) is 0 Å². The quantitative estimate of drug-likeness (QED) is 0.623. The fraction of sp³-hybridized carbons (Fsp3) is 0.667. The highest BCUT2D eigenvalue weighted by atomic mass is 32.8. The van der Waals surface area contributed by atoms with Gasteiger partial charge in [-0.3, -0.25) is 0 Å². The van der Waals surface area contributed by atoms with E-state index in [1.165, 1.54) is 16.7 Å². The van der Waals surface area contributed by atoms with E-state index in [9.17, 15) is 0 Å². The summed E-state index contributed by atoms with van der Waals surface area (Å²) < 4.78 is 4.59. The number of rotatable bonds is 1. The van der Waals surface area contributed by atoms with Gasteiger partial charge in [-0.2, -0.15) is 4.36 Å². The molecule has 0 N–H and O–H groups in total. The molecule has 0 heterocycles. The fourth-order valence-corrected chi connectivity index (χ4v) is 2.84. The molecule has 0 radical (unpaired) electrons. The number of benzene rings is 1. The molecule has 0 saturated heterocycles. The third-order valence-electron chi connectivity index (χ3n) is 3.72. The van der Waals surface area contributed by atoms with Crippen molar-refractivity contribution in [3.05, 3.63) is 28.8 Å². The van der Waals surface area contributed by atoms with Crippen molar-refractivity contribution in [2.24, 2.45) is 4.36 Å². The summed E-state index contributed by atoms with van der Waals surface area (Å²) >= 11 is 5.06. The van der Waals surface area contributed by atoms with Crippen LogP contribution in [0.2, 0.25) is 0 Å². The normalized spacial score (nSPS) is 13.2. The minimum Gasteiger partial charge on any atom is -0.182 e. The maximum Gasteiger partial charge on any atom is 0.0843 e. The van der Waals surface area contributed by atoms with E-state index in [2.05, 4.69) is 78.8 Å². The predicted octanol–water partition coefficient (Wildman–Crippen LogP) is 5.94. The van der Waals surface area contributed by atoms with Gasteiger partial charge >= 0.3 is 0 Å². The van der Waals surface area contributed by atoms with Gasteiger partial charge in [0.25, 0.3) is 0 Å². The lowest BCUT2D eigenvalue weighted by Gasteiger charge is -2.31. The lowest BCUT2D eigenvalue weighted by molar-refractivity contribution is 0.550. The van der Waals surface area contributed by atoms with Gasteiger partial charge in [0, 0.05) is 21.3 Å². The van der Waals surface area contributed by atoms with Gasteiger partial charge < -0.3 is 0 Å². The Kier molecular flexibility index (Phi) is 5.22. The van der Waals surface area contributed by atoms with Crippen molar-refractivity contribution < 1.29 is 0 Å². The highest BCUT2D eigenvalue weighted by molar-refractivity contribution is 8.12. The molecular weight excluding hydrogens is 294 g/mol. The van der Waals surface area contributed by atoms with Crippen LogP contribution >= 0.6 is 0 Å². The van der Waals surface area contributed by atoms with Crippen molar-refractivity contribution in [2.75, 3.05) is 0 Å². The molecule has 0 bridgehead atoms. The Morgan fingerprint density at radius 2 is 1.14 bits per heavy atom. The average molecular weight is 324 g/mol. The molecule has 1 nitrogen and oxygen atoms in total. The average Bonchev–Trinajstić information content (AvgIpc) is 2.24. The minimum absolute atomic E-state index is 0.0468. The molecular formula is C18H29NS2. The Balaban J connectivity index is 3.88. The molecule has 0 saturated carbocycles. The molecule has 21 heavy (non-hydrogen) atoms. The fourth-order valence-electron chi connectivity index (χ4n) is 2.35. The van der Waals surface area contributed by atoms with E-state index < -0.39 is 0 Å². The van der Waals surface area contributed by atoms with Crippen LogP contribution in [0.3, 0.4) is 0 Å². The number of hydrogen-bond acceptors (Lipinski definition) is 2. The zero-order valence-electron chi connectivity index (χ0n) is 14.9. The van der Waals surface area contributed by atoms with Crippen molar-refractivity contribution in [3.8, 4) is 0 Å². The molecule has 0 aliphatic rings. The lowest BCUT2D eigenvalue weighted by atomic mass is 9.74. The van der Waals surface area contributed by atoms with Gasteiger partial charge in [-0.25, -0.2) is 0 Å². The van der Waals surface area contributed by atoms with E-state index in [0.29, 0.717) is 0 Å². The second-order valence-electron chi connectivity index (χ2n) is 8.84. The summed E-state index contributed by atoms with van der Waals surface area (Å²) in [5, 5.41) is 0. The first-order chi connectivity index (χ1) is 9.28. The second kappa shape index (κ2) is 5.92. The zero-order chi connectivity index (χ0) is 16.6. The first-order valence-electron chi connectivity index (χ1n) is 7.48. The van der Waals surface area contributed by atoms with E-state index >= 15 is 0 Å². The topological polar surface area (TPSA) is 12.4 Å². The molecule has 0 unspecified atom stereocenters. The largest absolute Gasteiger partial charge is 0.182 e. The summed E-state index contributed by atoms with van der Waals surface area (Å²) in [6.45, 7) is 20.3. The van der Waals surface area contributed by atoms with E-state index in [1.54, 1.807) is 0 Å². The van der Waals surface area contributed by atoms with Gasteiger partial charge in [0.1, 0.15) is 0 Å². The Morgan fingerprint density at radius 1 is 0.762 bits per heavy atom. The summed E-state index contributed by atoms with van der Waals surface area (Å²) in [4.78, 5) is 0. The summed E-state index contributed by atoms with van der Waals surface area (Å²) in [6.07, 6.45) is 0. The van der Waals surface area contributed by atoms with Gasteiger partial charge in [-0.15, -0.1) is 0 Å². The zero-order valence-corrected chi connectivity index (χ0v) is 16.6. The van der Waals surface area contributed by atoms with Gasteiger partial charge in [-0.05, 0) is 32.9 Å². The Morgan fingerprint density at radius 3 is 1.38 bits per heavy atom. The molecule has 0 fully saturated rings. The highest BCUT2D eigenvalue weighted by Crippen LogP contribution is 2.42. The first kappa shape index (κ1) is 18.5. The highest BCUT2D eigenvalue weighted by Gasteiger charge is 2.28. The second-order valence-corrected chi connectivity index (χ2v) is 9.61. The van der Waals surface area contributed by atoms with E-state index in [0.717, 1.165) is 15.8 Å². The molecule has 0 aromatic heterocycles. The third-order valence-corrected chi connectivity index (χ3v) is 4.20. The van der Waals surface area contributed by atoms with Crippen molar-refractivity contribution in [1.82, 2.24) is 0 Å². The standard InChI is InChI=1S/C18H29NS2/c1-16(2,3)12-10-13(17(4,5)6)15(19-21-20)14(11-12)18(7,8)9/h10-11H,1-9H3. The van der Waals surface area contributed by atoms with Gasteiger partial charge in [0.05, 0.1) is 5.69 Å². The molecule has 3 heteroatoms. The van der Waals surface area contributed by atoms with Gasteiger partial charge in [0.15, 0.2) is 0 Å². The summed E-state index contributed by atoms with van der Waals surface area (Å²) in [5.74, 6) is 0. The monoisotopic (exact) mass is 323 g/mol. The number of hydrogen-bond donors (Lipinski definition) is 0. The SMILES string of the molecule is CC(C)(C)c1cc(C(C)(C)C)c(N=S=S)c(C(C)(C)C)c1. The van der Waals surface area contributed by atoms with Crippen LogP contribution in [0.25, 0.3) is 0 Å². The Hall–Kier alpha value is -0.540. The predicted molar refractivity (Wildman–Crippen MR) is 99.4 cm³/mol. The van der Waals surface area contributed by atoms with Crippen LogP contribution in [0.4, 0.5) is 5.69 Å².